The van der Waals surface area contributed by atoms with Crippen molar-refractivity contribution in [3.05, 3.63) is 30.1 Å². The summed E-state index contributed by atoms with van der Waals surface area (Å²) in [4.78, 5) is 17.2. The molecule has 4 nitrogen and oxygen atoms in total. The zero-order chi connectivity index (χ0) is 12.3. The molecule has 92 valence electrons. The summed E-state index contributed by atoms with van der Waals surface area (Å²) in [6, 6.07) is 4.02. The van der Waals surface area contributed by atoms with Gasteiger partial charge in [-0.15, -0.1) is 0 Å². The van der Waals surface area contributed by atoms with Crippen LogP contribution in [0.1, 0.15) is 12.5 Å². The molecule has 17 heavy (non-hydrogen) atoms. The van der Waals surface area contributed by atoms with Crippen molar-refractivity contribution in [2.75, 3.05) is 19.6 Å². The molecular weight excluding hydrogens is 216 g/mol. The fraction of sp³-hybridized carbons (Fsp3) is 0.538. The summed E-state index contributed by atoms with van der Waals surface area (Å²) < 4.78 is 0. The Morgan fingerprint density at radius 2 is 2.41 bits per heavy atom. The third-order valence-electron chi connectivity index (χ3n) is 3.52. The first-order valence-corrected chi connectivity index (χ1v) is 6.01. The number of aromatic nitrogens is 1. The van der Waals surface area contributed by atoms with Crippen LogP contribution in [0, 0.1) is 11.8 Å². The Bertz CT molecular complexity index is 374. The molecule has 1 fully saturated rings. The van der Waals surface area contributed by atoms with Crippen LogP contribution in [0.15, 0.2) is 24.5 Å². The fourth-order valence-electron chi connectivity index (χ4n) is 2.14. The van der Waals surface area contributed by atoms with Gasteiger partial charge in [-0.05, 0) is 24.0 Å². The second-order valence-electron chi connectivity index (χ2n) is 4.76. The van der Waals surface area contributed by atoms with E-state index in [1.165, 1.54) is 5.56 Å². The molecule has 4 heteroatoms. The summed E-state index contributed by atoms with van der Waals surface area (Å²) in [5, 5.41) is 8.88. The summed E-state index contributed by atoms with van der Waals surface area (Å²) in [6.45, 7) is 4.61. The van der Waals surface area contributed by atoms with E-state index in [9.17, 15) is 4.79 Å². The lowest BCUT2D eigenvalue weighted by Gasteiger charge is -2.41. The molecule has 0 bridgehead atoms. The molecule has 2 heterocycles. The number of pyridine rings is 1. The third-order valence-corrected chi connectivity index (χ3v) is 3.52. The van der Waals surface area contributed by atoms with Crippen LogP contribution in [0.5, 0.6) is 0 Å². The van der Waals surface area contributed by atoms with Crippen molar-refractivity contribution in [3.63, 3.8) is 0 Å². The lowest BCUT2D eigenvalue weighted by molar-refractivity contribution is -0.145. The van der Waals surface area contributed by atoms with E-state index in [-0.39, 0.29) is 5.92 Å². The number of hydrogen-bond donors (Lipinski definition) is 1. The van der Waals surface area contributed by atoms with Crippen molar-refractivity contribution < 1.29 is 9.90 Å². The van der Waals surface area contributed by atoms with Gasteiger partial charge in [-0.1, -0.05) is 13.0 Å². The Morgan fingerprint density at radius 3 is 3.00 bits per heavy atom. The van der Waals surface area contributed by atoms with Gasteiger partial charge < -0.3 is 10.0 Å². The van der Waals surface area contributed by atoms with Crippen LogP contribution in [-0.2, 0) is 11.2 Å². The quantitative estimate of drug-likeness (QED) is 0.833. The SMILES string of the molecule is CC(C(=O)O)C1CN(CCc2cccnc2)C1. The largest absolute Gasteiger partial charge is 0.481 e. The Morgan fingerprint density at radius 1 is 1.65 bits per heavy atom. The highest BCUT2D eigenvalue weighted by atomic mass is 16.4. The van der Waals surface area contributed by atoms with Gasteiger partial charge in [0.2, 0.25) is 0 Å². The number of hydrogen-bond acceptors (Lipinski definition) is 3. The third kappa shape index (κ3) is 3.03. The molecule has 1 aromatic rings. The van der Waals surface area contributed by atoms with Gasteiger partial charge in [-0.25, -0.2) is 0 Å². The summed E-state index contributed by atoms with van der Waals surface area (Å²) in [7, 11) is 0. The van der Waals surface area contributed by atoms with Crippen LogP contribution < -0.4 is 0 Å². The van der Waals surface area contributed by atoms with E-state index in [1.54, 1.807) is 13.1 Å². The molecule has 0 aliphatic carbocycles. The maximum absolute atomic E-state index is 10.8. The molecule has 1 aromatic heterocycles. The monoisotopic (exact) mass is 234 g/mol. The van der Waals surface area contributed by atoms with Gasteiger partial charge in [0.25, 0.3) is 0 Å². The van der Waals surface area contributed by atoms with E-state index in [0.29, 0.717) is 5.92 Å². The van der Waals surface area contributed by atoms with Crippen LogP contribution in [0.3, 0.4) is 0 Å². The lowest BCUT2D eigenvalue weighted by Crippen LogP contribution is -2.51. The first-order valence-electron chi connectivity index (χ1n) is 6.01. The average Bonchev–Trinajstić information content (AvgIpc) is 2.28. The summed E-state index contributed by atoms with van der Waals surface area (Å²) in [6.07, 6.45) is 4.65. The van der Waals surface area contributed by atoms with E-state index in [1.807, 2.05) is 12.3 Å². The Hall–Kier alpha value is -1.42. The van der Waals surface area contributed by atoms with Crippen molar-refractivity contribution in [3.8, 4) is 0 Å². The van der Waals surface area contributed by atoms with Crippen LogP contribution >= 0.6 is 0 Å². The predicted molar refractivity (Wildman–Crippen MR) is 64.7 cm³/mol. The molecule has 0 radical (unpaired) electrons. The van der Waals surface area contributed by atoms with Gasteiger partial charge in [0.15, 0.2) is 0 Å². The predicted octanol–water partition coefficient (Wildman–Crippen LogP) is 1.28. The van der Waals surface area contributed by atoms with Crippen molar-refractivity contribution in [1.29, 1.82) is 0 Å². The minimum atomic E-state index is -0.679. The molecule has 0 saturated carbocycles. The second-order valence-corrected chi connectivity index (χ2v) is 4.76. The number of carbonyl (C=O) groups is 1. The molecule has 0 aromatic carbocycles. The van der Waals surface area contributed by atoms with Gasteiger partial charge in [0, 0.05) is 32.0 Å². The molecule has 1 aliphatic rings. The highest BCUT2D eigenvalue weighted by molar-refractivity contribution is 5.70. The minimum absolute atomic E-state index is 0.218. The van der Waals surface area contributed by atoms with Crippen LogP contribution in [-0.4, -0.2) is 40.6 Å². The smallest absolute Gasteiger partial charge is 0.306 e. The van der Waals surface area contributed by atoms with Gasteiger partial charge in [-0.3, -0.25) is 9.78 Å². The van der Waals surface area contributed by atoms with Crippen LogP contribution in [0.2, 0.25) is 0 Å². The van der Waals surface area contributed by atoms with Gasteiger partial charge in [0.05, 0.1) is 5.92 Å². The first kappa shape index (κ1) is 12.0. The first-order chi connectivity index (χ1) is 8.16. The van der Waals surface area contributed by atoms with E-state index < -0.39 is 5.97 Å². The van der Waals surface area contributed by atoms with Gasteiger partial charge >= 0.3 is 5.97 Å². The van der Waals surface area contributed by atoms with Crippen molar-refractivity contribution >= 4 is 5.97 Å². The van der Waals surface area contributed by atoms with E-state index >= 15 is 0 Å². The van der Waals surface area contributed by atoms with Crippen LogP contribution in [0.4, 0.5) is 0 Å². The molecular formula is C13H18N2O2. The molecule has 0 spiro atoms. The van der Waals surface area contributed by atoms with Gasteiger partial charge in [-0.2, -0.15) is 0 Å². The van der Waals surface area contributed by atoms with Crippen LogP contribution in [0.25, 0.3) is 0 Å². The van der Waals surface area contributed by atoms with Crippen molar-refractivity contribution in [1.82, 2.24) is 9.88 Å². The lowest BCUT2D eigenvalue weighted by atomic mass is 9.87. The fourth-order valence-corrected chi connectivity index (χ4v) is 2.14. The normalized spacial score (nSPS) is 18.6. The zero-order valence-electron chi connectivity index (χ0n) is 10.0. The topological polar surface area (TPSA) is 53.4 Å². The highest BCUT2D eigenvalue weighted by Crippen LogP contribution is 2.23. The molecule has 1 N–H and O–H groups in total. The number of nitrogens with zero attached hydrogens (tertiary/aromatic N) is 2. The Kier molecular flexibility index (Phi) is 3.74. The minimum Gasteiger partial charge on any atom is -0.481 e. The summed E-state index contributed by atoms with van der Waals surface area (Å²) in [5.74, 6) is -0.576. The number of aliphatic carboxylic acids is 1. The second kappa shape index (κ2) is 5.27. The van der Waals surface area contributed by atoms with E-state index in [0.717, 1.165) is 26.1 Å². The van der Waals surface area contributed by atoms with E-state index in [4.69, 9.17) is 5.11 Å². The van der Waals surface area contributed by atoms with Gasteiger partial charge in [0.1, 0.15) is 0 Å². The molecule has 1 atom stereocenters. The molecule has 1 aliphatic heterocycles. The molecule has 0 amide bonds. The standard InChI is InChI=1S/C13H18N2O2/c1-10(13(16)17)12-8-15(9-12)6-4-11-3-2-5-14-7-11/h2-3,5,7,10,12H,4,6,8-9H2,1H3,(H,16,17). The maximum Gasteiger partial charge on any atom is 0.306 e. The zero-order valence-corrected chi connectivity index (χ0v) is 10.0. The maximum atomic E-state index is 10.8. The Balaban J connectivity index is 1.70. The number of carboxylic acids is 1. The summed E-state index contributed by atoms with van der Waals surface area (Å²) >= 11 is 0. The Labute approximate surface area is 101 Å². The molecule has 1 unspecified atom stereocenters. The molecule has 1 saturated heterocycles. The highest BCUT2D eigenvalue weighted by Gasteiger charge is 2.33. The number of likely N-dealkylation sites (tertiary alicyclic amines) is 1. The molecule has 2 rings (SSSR count). The number of carboxylic acid groups (broad SMARTS) is 1. The average molecular weight is 234 g/mol. The van der Waals surface area contributed by atoms with E-state index in [2.05, 4.69) is 16.0 Å². The van der Waals surface area contributed by atoms with Crippen molar-refractivity contribution in [2.24, 2.45) is 11.8 Å². The summed E-state index contributed by atoms with van der Waals surface area (Å²) in [5.41, 5.74) is 1.24. The number of rotatable bonds is 5. The van der Waals surface area contributed by atoms with Crippen molar-refractivity contribution in [2.45, 2.75) is 13.3 Å².